The van der Waals surface area contributed by atoms with E-state index < -0.39 is 17.6 Å². The van der Waals surface area contributed by atoms with Crippen LogP contribution in [0, 0.1) is 5.82 Å². The molecule has 1 amide bonds. The van der Waals surface area contributed by atoms with E-state index in [9.17, 15) is 22.4 Å². The molecular formula is C20H21F4N3O2. The molecule has 1 aromatic heterocycles. The van der Waals surface area contributed by atoms with Crippen molar-refractivity contribution in [2.24, 2.45) is 0 Å². The van der Waals surface area contributed by atoms with Crippen molar-refractivity contribution >= 4 is 11.7 Å². The van der Waals surface area contributed by atoms with Crippen LogP contribution in [0.2, 0.25) is 0 Å². The molecule has 29 heavy (non-hydrogen) atoms. The second kappa shape index (κ2) is 8.26. The molecule has 1 aliphatic rings. The van der Waals surface area contributed by atoms with Gasteiger partial charge >= 0.3 is 6.18 Å². The minimum atomic E-state index is -4.45. The quantitative estimate of drug-likeness (QED) is 0.760. The van der Waals surface area contributed by atoms with Crippen molar-refractivity contribution in [3.05, 3.63) is 53.5 Å². The normalized spacial score (nSPS) is 19.7. The lowest BCUT2D eigenvalue weighted by Gasteiger charge is -2.40. The maximum absolute atomic E-state index is 14.0. The summed E-state index contributed by atoms with van der Waals surface area (Å²) in [6.07, 6.45) is -2.27. The molecule has 0 radical (unpaired) electrons. The highest BCUT2D eigenvalue weighted by atomic mass is 19.4. The number of nitrogens with one attached hydrogen (secondary N) is 1. The van der Waals surface area contributed by atoms with Gasteiger partial charge in [0.25, 0.3) is 5.91 Å². The molecule has 1 fully saturated rings. The van der Waals surface area contributed by atoms with Crippen molar-refractivity contribution in [3.8, 4) is 5.75 Å². The number of piperidine rings is 1. The average Bonchev–Trinajstić information content (AvgIpc) is 2.68. The monoisotopic (exact) mass is 411 g/mol. The molecule has 2 heterocycles. The van der Waals surface area contributed by atoms with Crippen molar-refractivity contribution < 1.29 is 27.1 Å². The number of aromatic nitrogens is 1. The van der Waals surface area contributed by atoms with Gasteiger partial charge in [0.05, 0.1) is 18.2 Å². The third-order valence-corrected chi connectivity index (χ3v) is 5.07. The Bertz CT molecular complexity index is 871. The number of hydrogen-bond acceptors (Lipinski definition) is 4. The number of methoxy groups -OCH3 is 1. The minimum absolute atomic E-state index is 0.107. The highest BCUT2D eigenvalue weighted by Crippen LogP contribution is 2.30. The molecule has 0 aliphatic carbocycles. The molecular weight excluding hydrogens is 390 g/mol. The average molecular weight is 411 g/mol. The SMILES string of the molecule is COc1c(F)cccc1C(=O)N1CCC[C@H](Nc2ccc(C(F)(F)F)cn2)[C@@H]1C. The number of ether oxygens (including phenoxy) is 1. The number of nitrogens with zero attached hydrogens (tertiary/aromatic N) is 2. The van der Waals surface area contributed by atoms with E-state index in [0.717, 1.165) is 12.3 Å². The Morgan fingerprint density at radius 3 is 2.66 bits per heavy atom. The van der Waals surface area contributed by atoms with Crippen LogP contribution < -0.4 is 10.1 Å². The van der Waals surface area contributed by atoms with Gasteiger partial charge in [-0.2, -0.15) is 13.2 Å². The molecule has 0 unspecified atom stereocenters. The van der Waals surface area contributed by atoms with Crippen LogP contribution in [0.1, 0.15) is 35.7 Å². The first-order valence-electron chi connectivity index (χ1n) is 9.15. The molecule has 0 saturated carbocycles. The predicted octanol–water partition coefficient (Wildman–Crippen LogP) is 4.35. The number of pyridine rings is 1. The van der Waals surface area contributed by atoms with E-state index in [2.05, 4.69) is 10.3 Å². The van der Waals surface area contributed by atoms with E-state index in [1.54, 1.807) is 4.90 Å². The Labute approximate surface area is 165 Å². The van der Waals surface area contributed by atoms with Gasteiger partial charge in [0.15, 0.2) is 11.6 Å². The fourth-order valence-electron chi connectivity index (χ4n) is 3.50. The van der Waals surface area contributed by atoms with Crippen molar-refractivity contribution in [3.63, 3.8) is 0 Å². The van der Waals surface area contributed by atoms with Crippen LogP contribution in [0.25, 0.3) is 0 Å². The lowest BCUT2D eigenvalue weighted by molar-refractivity contribution is -0.137. The molecule has 1 aliphatic heterocycles. The number of benzene rings is 1. The van der Waals surface area contributed by atoms with Crippen LogP contribution in [-0.4, -0.2) is 41.5 Å². The first-order valence-corrected chi connectivity index (χ1v) is 9.15. The van der Waals surface area contributed by atoms with Gasteiger partial charge in [-0.25, -0.2) is 9.37 Å². The summed E-state index contributed by atoms with van der Waals surface area (Å²) < 4.78 is 57.1. The third kappa shape index (κ3) is 4.44. The Morgan fingerprint density at radius 2 is 2.03 bits per heavy atom. The molecule has 156 valence electrons. The van der Waals surface area contributed by atoms with Crippen LogP contribution in [0.5, 0.6) is 5.75 Å². The minimum Gasteiger partial charge on any atom is -0.493 e. The van der Waals surface area contributed by atoms with E-state index >= 15 is 0 Å². The largest absolute Gasteiger partial charge is 0.493 e. The number of para-hydroxylation sites is 1. The predicted molar refractivity (Wildman–Crippen MR) is 99.3 cm³/mol. The van der Waals surface area contributed by atoms with Crippen LogP contribution >= 0.6 is 0 Å². The summed E-state index contributed by atoms with van der Waals surface area (Å²) in [5, 5.41) is 3.11. The van der Waals surface area contributed by atoms with E-state index in [1.165, 1.54) is 31.4 Å². The van der Waals surface area contributed by atoms with E-state index in [0.29, 0.717) is 25.2 Å². The summed E-state index contributed by atoms with van der Waals surface area (Å²) in [7, 11) is 1.30. The zero-order chi connectivity index (χ0) is 21.2. The number of amides is 1. The van der Waals surface area contributed by atoms with Gasteiger partial charge in [0, 0.05) is 24.8 Å². The first kappa shape index (κ1) is 20.9. The summed E-state index contributed by atoms with van der Waals surface area (Å²) in [6, 6.07) is 5.91. The van der Waals surface area contributed by atoms with Crippen molar-refractivity contribution in [2.45, 2.75) is 38.0 Å². The Kier molecular flexibility index (Phi) is 5.95. The summed E-state index contributed by atoms with van der Waals surface area (Å²) >= 11 is 0. The highest BCUT2D eigenvalue weighted by Gasteiger charge is 2.34. The third-order valence-electron chi connectivity index (χ3n) is 5.07. The number of likely N-dealkylation sites (tertiary alicyclic amines) is 1. The summed E-state index contributed by atoms with van der Waals surface area (Å²) in [4.78, 5) is 18.5. The number of hydrogen-bond donors (Lipinski definition) is 1. The molecule has 1 aromatic carbocycles. The number of anilines is 1. The van der Waals surface area contributed by atoms with Gasteiger partial charge in [-0.05, 0) is 44.0 Å². The second-order valence-electron chi connectivity index (χ2n) is 6.88. The highest BCUT2D eigenvalue weighted by molar-refractivity contribution is 5.97. The van der Waals surface area contributed by atoms with Gasteiger partial charge < -0.3 is 15.0 Å². The van der Waals surface area contributed by atoms with E-state index in [1.807, 2.05) is 6.92 Å². The van der Waals surface area contributed by atoms with Gasteiger partial charge in [0.1, 0.15) is 5.82 Å². The number of carbonyl (C=O) groups excluding carboxylic acids is 1. The van der Waals surface area contributed by atoms with Crippen LogP contribution in [0.3, 0.4) is 0 Å². The van der Waals surface area contributed by atoms with Crippen molar-refractivity contribution in [2.75, 3.05) is 19.0 Å². The Morgan fingerprint density at radius 1 is 1.28 bits per heavy atom. The zero-order valence-corrected chi connectivity index (χ0v) is 16.0. The smallest absolute Gasteiger partial charge is 0.417 e. The van der Waals surface area contributed by atoms with Crippen LogP contribution in [-0.2, 0) is 6.18 Å². The Hall–Kier alpha value is -2.84. The lowest BCUT2D eigenvalue weighted by atomic mass is 9.96. The number of alkyl halides is 3. The maximum atomic E-state index is 14.0. The van der Waals surface area contributed by atoms with Gasteiger partial charge in [-0.1, -0.05) is 6.07 Å². The second-order valence-corrected chi connectivity index (χ2v) is 6.88. The van der Waals surface area contributed by atoms with Crippen molar-refractivity contribution in [1.82, 2.24) is 9.88 Å². The number of rotatable bonds is 4. The molecule has 1 saturated heterocycles. The maximum Gasteiger partial charge on any atom is 0.417 e. The van der Waals surface area contributed by atoms with E-state index in [-0.39, 0.29) is 29.3 Å². The fourth-order valence-corrected chi connectivity index (χ4v) is 3.50. The molecule has 2 aromatic rings. The van der Waals surface area contributed by atoms with Gasteiger partial charge in [-0.3, -0.25) is 4.79 Å². The molecule has 9 heteroatoms. The standard InChI is InChI=1S/C20H21F4N3O2/c1-12-16(26-17-9-8-13(11-25-17)20(22,23)24)7-4-10-27(12)19(28)14-5-3-6-15(21)18(14)29-2/h3,5-6,8-9,11-12,16H,4,7,10H2,1-2H3,(H,25,26)/t12-,16-/m0/s1. The lowest BCUT2D eigenvalue weighted by Crippen LogP contribution is -2.52. The van der Waals surface area contributed by atoms with Crippen molar-refractivity contribution in [1.29, 1.82) is 0 Å². The zero-order valence-electron chi connectivity index (χ0n) is 16.0. The van der Waals surface area contributed by atoms with Crippen LogP contribution in [0.4, 0.5) is 23.4 Å². The first-order chi connectivity index (χ1) is 13.7. The van der Waals surface area contributed by atoms with Crippen LogP contribution in [0.15, 0.2) is 36.5 Å². The number of carbonyl (C=O) groups is 1. The topological polar surface area (TPSA) is 54.5 Å². The molecule has 0 bridgehead atoms. The summed E-state index contributed by atoms with van der Waals surface area (Å²) in [5.74, 6) is -0.788. The van der Waals surface area contributed by atoms with Gasteiger partial charge in [-0.15, -0.1) is 0 Å². The van der Waals surface area contributed by atoms with Gasteiger partial charge in [0.2, 0.25) is 0 Å². The molecule has 0 spiro atoms. The molecule has 3 rings (SSSR count). The van der Waals surface area contributed by atoms with E-state index in [4.69, 9.17) is 4.74 Å². The molecule has 2 atom stereocenters. The number of halogens is 4. The summed E-state index contributed by atoms with van der Waals surface area (Å²) in [5.41, 5.74) is -0.692. The fraction of sp³-hybridized carbons (Fsp3) is 0.400. The summed E-state index contributed by atoms with van der Waals surface area (Å²) in [6.45, 7) is 2.32. The molecule has 1 N–H and O–H groups in total. The Balaban J connectivity index is 1.76. The molecule has 5 nitrogen and oxygen atoms in total.